The molecule has 1 aromatic rings. The van der Waals surface area contributed by atoms with E-state index in [1.807, 2.05) is 12.1 Å². The number of benzene rings is 1. The molecule has 0 heterocycles. The van der Waals surface area contributed by atoms with Crippen molar-refractivity contribution in [2.45, 2.75) is 19.8 Å². The summed E-state index contributed by atoms with van der Waals surface area (Å²) in [5, 5.41) is 0. The fraction of sp³-hybridized carbons (Fsp3) is 0.333. The van der Waals surface area contributed by atoms with Crippen molar-refractivity contribution in [2.75, 3.05) is 5.73 Å². The Kier molecular flexibility index (Phi) is 2.94. The Morgan fingerprint density at radius 3 is 2.82 bits per heavy atom. The summed E-state index contributed by atoms with van der Waals surface area (Å²) >= 11 is 3.39. The molecule has 0 radical (unpaired) electrons. The number of rotatable bonds is 2. The Morgan fingerprint density at radius 1 is 1.45 bits per heavy atom. The first-order valence-electron chi connectivity index (χ1n) is 3.78. The van der Waals surface area contributed by atoms with Crippen LogP contribution >= 0.6 is 15.9 Å². The molecule has 0 saturated carbocycles. The van der Waals surface area contributed by atoms with Crippen molar-refractivity contribution in [1.82, 2.24) is 0 Å². The SMILES string of the molecule is CCCc1cccc(Br)c1N. The molecule has 1 nitrogen and oxygen atoms in total. The molecule has 0 atom stereocenters. The number of hydrogen-bond acceptors (Lipinski definition) is 1. The van der Waals surface area contributed by atoms with Crippen molar-refractivity contribution in [3.05, 3.63) is 28.2 Å². The van der Waals surface area contributed by atoms with E-state index in [0.29, 0.717) is 0 Å². The lowest BCUT2D eigenvalue weighted by Gasteiger charge is -2.04. The smallest absolute Gasteiger partial charge is 0.0491 e. The van der Waals surface area contributed by atoms with E-state index in [1.165, 1.54) is 5.56 Å². The Hall–Kier alpha value is -0.500. The number of halogens is 1. The number of nitrogen functional groups attached to an aromatic ring is 1. The van der Waals surface area contributed by atoms with Gasteiger partial charge in [-0.3, -0.25) is 0 Å². The average Bonchev–Trinajstić information content (AvgIpc) is 1.99. The third-order valence-corrected chi connectivity index (χ3v) is 2.35. The van der Waals surface area contributed by atoms with Gasteiger partial charge in [-0.2, -0.15) is 0 Å². The third kappa shape index (κ3) is 1.96. The van der Waals surface area contributed by atoms with E-state index in [1.54, 1.807) is 0 Å². The second kappa shape index (κ2) is 3.77. The quantitative estimate of drug-likeness (QED) is 0.752. The van der Waals surface area contributed by atoms with Gasteiger partial charge in [-0.25, -0.2) is 0 Å². The molecule has 2 N–H and O–H groups in total. The van der Waals surface area contributed by atoms with Gasteiger partial charge >= 0.3 is 0 Å². The van der Waals surface area contributed by atoms with Crippen LogP contribution in [0.1, 0.15) is 18.9 Å². The minimum atomic E-state index is 0.884. The van der Waals surface area contributed by atoms with Gasteiger partial charge in [0.1, 0.15) is 0 Å². The van der Waals surface area contributed by atoms with Gasteiger partial charge in [0.15, 0.2) is 0 Å². The standard InChI is InChI=1S/C9H12BrN/c1-2-4-7-5-3-6-8(10)9(7)11/h3,5-6H,2,4,11H2,1H3. The zero-order valence-electron chi connectivity index (χ0n) is 6.60. The van der Waals surface area contributed by atoms with Crippen LogP contribution in [0.2, 0.25) is 0 Å². The molecular formula is C9H12BrN. The molecule has 0 aromatic heterocycles. The zero-order chi connectivity index (χ0) is 8.27. The largest absolute Gasteiger partial charge is 0.398 e. The second-order valence-corrected chi connectivity index (χ2v) is 3.42. The molecule has 1 aromatic carbocycles. The predicted octanol–water partition coefficient (Wildman–Crippen LogP) is 2.98. The fourth-order valence-corrected chi connectivity index (χ4v) is 1.48. The Morgan fingerprint density at radius 2 is 2.18 bits per heavy atom. The van der Waals surface area contributed by atoms with Crippen LogP contribution in [0.15, 0.2) is 22.7 Å². The van der Waals surface area contributed by atoms with E-state index >= 15 is 0 Å². The average molecular weight is 214 g/mol. The summed E-state index contributed by atoms with van der Waals surface area (Å²) in [7, 11) is 0. The van der Waals surface area contributed by atoms with Gasteiger partial charge in [-0.1, -0.05) is 25.5 Å². The maximum absolute atomic E-state index is 5.82. The van der Waals surface area contributed by atoms with Crippen LogP contribution in [-0.2, 0) is 6.42 Å². The monoisotopic (exact) mass is 213 g/mol. The van der Waals surface area contributed by atoms with Crippen LogP contribution in [0.5, 0.6) is 0 Å². The first-order valence-corrected chi connectivity index (χ1v) is 4.58. The summed E-state index contributed by atoms with van der Waals surface area (Å²) < 4.78 is 1.00. The van der Waals surface area contributed by atoms with Crippen molar-refractivity contribution in [2.24, 2.45) is 0 Å². The van der Waals surface area contributed by atoms with Crippen LogP contribution in [0.3, 0.4) is 0 Å². The highest BCUT2D eigenvalue weighted by molar-refractivity contribution is 9.10. The number of aryl methyl sites for hydroxylation is 1. The molecular weight excluding hydrogens is 202 g/mol. The van der Waals surface area contributed by atoms with E-state index in [-0.39, 0.29) is 0 Å². The lowest BCUT2D eigenvalue weighted by molar-refractivity contribution is 0.923. The third-order valence-electron chi connectivity index (χ3n) is 1.66. The molecule has 0 fully saturated rings. The van der Waals surface area contributed by atoms with Crippen molar-refractivity contribution in [1.29, 1.82) is 0 Å². The van der Waals surface area contributed by atoms with Gasteiger partial charge in [0.25, 0.3) is 0 Å². The van der Waals surface area contributed by atoms with Gasteiger partial charge in [0.05, 0.1) is 0 Å². The van der Waals surface area contributed by atoms with E-state index in [0.717, 1.165) is 23.0 Å². The molecule has 0 aliphatic carbocycles. The van der Waals surface area contributed by atoms with Crippen molar-refractivity contribution in [3.8, 4) is 0 Å². The molecule has 1 rings (SSSR count). The first-order chi connectivity index (χ1) is 5.25. The highest BCUT2D eigenvalue weighted by Crippen LogP contribution is 2.23. The second-order valence-electron chi connectivity index (χ2n) is 2.56. The highest BCUT2D eigenvalue weighted by Gasteiger charge is 1.99. The summed E-state index contributed by atoms with van der Waals surface area (Å²) in [5.74, 6) is 0. The molecule has 2 heteroatoms. The molecule has 0 unspecified atom stereocenters. The Labute approximate surface area is 75.7 Å². The number of anilines is 1. The van der Waals surface area contributed by atoms with Gasteiger partial charge in [-0.15, -0.1) is 0 Å². The zero-order valence-corrected chi connectivity index (χ0v) is 8.19. The van der Waals surface area contributed by atoms with Crippen LogP contribution in [0.4, 0.5) is 5.69 Å². The maximum atomic E-state index is 5.82. The minimum absolute atomic E-state index is 0.884. The lowest BCUT2D eigenvalue weighted by atomic mass is 10.1. The summed E-state index contributed by atoms with van der Waals surface area (Å²) in [4.78, 5) is 0. The van der Waals surface area contributed by atoms with Crippen molar-refractivity contribution >= 4 is 21.6 Å². The van der Waals surface area contributed by atoms with E-state index in [2.05, 4.69) is 28.9 Å². The minimum Gasteiger partial charge on any atom is -0.398 e. The first kappa shape index (κ1) is 8.60. The van der Waals surface area contributed by atoms with Crippen LogP contribution in [-0.4, -0.2) is 0 Å². The predicted molar refractivity (Wildman–Crippen MR) is 52.5 cm³/mol. The molecule has 11 heavy (non-hydrogen) atoms. The number of nitrogens with two attached hydrogens (primary N) is 1. The summed E-state index contributed by atoms with van der Waals surface area (Å²) in [5.41, 5.74) is 7.94. The van der Waals surface area contributed by atoms with Gasteiger partial charge in [0, 0.05) is 10.2 Å². The van der Waals surface area contributed by atoms with Crippen LogP contribution in [0, 0.1) is 0 Å². The molecule has 0 aliphatic rings. The van der Waals surface area contributed by atoms with Gasteiger partial charge in [0.2, 0.25) is 0 Å². The van der Waals surface area contributed by atoms with Gasteiger partial charge in [-0.05, 0) is 34.0 Å². The number of para-hydroxylation sites is 1. The number of hydrogen-bond donors (Lipinski definition) is 1. The Balaban J connectivity index is 2.96. The van der Waals surface area contributed by atoms with E-state index in [9.17, 15) is 0 Å². The van der Waals surface area contributed by atoms with E-state index < -0.39 is 0 Å². The van der Waals surface area contributed by atoms with Crippen molar-refractivity contribution < 1.29 is 0 Å². The molecule has 60 valence electrons. The maximum Gasteiger partial charge on any atom is 0.0491 e. The van der Waals surface area contributed by atoms with Gasteiger partial charge < -0.3 is 5.73 Å². The lowest BCUT2D eigenvalue weighted by Crippen LogP contribution is -1.94. The fourth-order valence-electron chi connectivity index (χ4n) is 1.07. The molecule has 0 amide bonds. The van der Waals surface area contributed by atoms with Crippen LogP contribution in [0.25, 0.3) is 0 Å². The molecule has 0 saturated heterocycles. The highest BCUT2D eigenvalue weighted by atomic mass is 79.9. The van der Waals surface area contributed by atoms with Crippen molar-refractivity contribution in [3.63, 3.8) is 0 Å². The Bertz CT molecular complexity index is 245. The molecule has 0 spiro atoms. The summed E-state index contributed by atoms with van der Waals surface area (Å²) in [6.45, 7) is 2.15. The van der Waals surface area contributed by atoms with Crippen LogP contribution < -0.4 is 5.73 Å². The molecule has 0 bridgehead atoms. The summed E-state index contributed by atoms with van der Waals surface area (Å²) in [6, 6.07) is 6.06. The topological polar surface area (TPSA) is 26.0 Å². The van der Waals surface area contributed by atoms with E-state index in [4.69, 9.17) is 5.73 Å². The normalized spacial score (nSPS) is 10.0. The molecule has 0 aliphatic heterocycles. The summed E-state index contributed by atoms with van der Waals surface area (Å²) in [6.07, 6.45) is 2.20.